The maximum Gasteiger partial charge on any atom is 0.762 e. The first-order valence-electron chi connectivity index (χ1n) is 2.18. The van der Waals surface area contributed by atoms with Crippen LogP contribution in [0.25, 0.3) is 0 Å². The summed E-state index contributed by atoms with van der Waals surface area (Å²) in [7, 11) is -3.67. The van der Waals surface area contributed by atoms with Gasteiger partial charge in [-0.25, -0.2) is 0 Å². The average Bonchev–Trinajstić information content (AvgIpc) is 1.65. The third-order valence-electron chi connectivity index (χ3n) is 0.289. The molecule has 0 N–H and O–H groups in total. The standard InChI is InChI=1S/C3H5.Al.BF3.Ni.2H/c1-3-2;;2-1(3)4;;;/h3H,1-2H2;;;;;. The fourth-order valence-corrected chi connectivity index (χ4v) is 0. The van der Waals surface area contributed by atoms with Crippen LogP contribution in [0.15, 0.2) is 12.7 Å². The van der Waals surface area contributed by atoms with E-state index in [0.29, 0.717) is 0 Å². The van der Waals surface area contributed by atoms with Crippen LogP contribution in [-0.4, -0.2) is 23.8 Å². The minimum absolute atomic E-state index is 0. The molecule has 0 bridgehead atoms. The molecule has 0 radical (unpaired) electrons. The molecule has 0 amide bonds. The Balaban J connectivity index is -0.0000000720. The van der Waals surface area contributed by atoms with E-state index in [1.807, 2.05) is 6.08 Å². The van der Waals surface area contributed by atoms with E-state index >= 15 is 0 Å². The fourth-order valence-electron chi connectivity index (χ4n) is 0. The maximum atomic E-state index is 9.67. The van der Waals surface area contributed by atoms with Crippen molar-refractivity contribution in [3.8, 4) is 0 Å². The molecule has 0 nitrogen and oxygen atoms in total. The topological polar surface area (TPSA) is 0 Å². The van der Waals surface area contributed by atoms with Gasteiger partial charge in [0.15, 0.2) is 0 Å². The predicted octanol–water partition coefficient (Wildman–Crippen LogP) is 1.10. The first-order chi connectivity index (χ1) is 3.65. The first kappa shape index (κ1) is 16.3. The number of hydrogen-bond donors (Lipinski definition) is 0. The smallest absolute Gasteiger partial charge is 0.254 e. The third kappa shape index (κ3) is 144. The molecule has 0 heterocycles. The van der Waals surface area contributed by atoms with Gasteiger partial charge in [-0.15, -0.1) is 12.7 Å². The molecule has 0 aliphatic carbocycles. The number of hydrogen-bond acceptors (Lipinski definition) is 0. The van der Waals surface area contributed by atoms with Crippen LogP contribution in [0.5, 0.6) is 0 Å². The van der Waals surface area contributed by atoms with Gasteiger partial charge in [0.05, 0.1) is 0 Å². The molecule has 0 aromatic carbocycles. The van der Waals surface area contributed by atoms with Crippen molar-refractivity contribution in [3.05, 3.63) is 12.7 Å². The second-order valence-electron chi connectivity index (χ2n) is 0.944. The van der Waals surface area contributed by atoms with Crippen LogP contribution in [0, 0.1) is 0 Å². The quantitative estimate of drug-likeness (QED) is 0.435. The van der Waals surface area contributed by atoms with Crippen LogP contribution in [0.3, 0.4) is 0 Å². The number of halogens is 3. The molecule has 56 valence electrons. The molecule has 9 heavy (non-hydrogen) atoms. The molecule has 0 saturated carbocycles. The number of allylic oxidation sites excluding steroid dienone is 1. The molecule has 6 heteroatoms. The normalized spacial score (nSPS) is 5.67. The van der Waals surface area contributed by atoms with Gasteiger partial charge in [-0.05, 0) is 0 Å². The van der Waals surface area contributed by atoms with Gasteiger partial charge in [-0.1, -0.05) is 5.28 Å². The molecular weight excluding hydrogens is 190 g/mol. The van der Waals surface area contributed by atoms with Crippen molar-refractivity contribution in [3.63, 3.8) is 0 Å². The molecule has 0 fully saturated rings. The number of rotatable bonds is 1. The van der Waals surface area contributed by atoms with E-state index in [4.69, 9.17) is 0 Å². The van der Waals surface area contributed by atoms with E-state index in [9.17, 15) is 12.9 Å². The van der Waals surface area contributed by atoms with Crippen LogP contribution in [0.2, 0.25) is 5.28 Å². The summed E-state index contributed by atoms with van der Waals surface area (Å²) < 4.78 is 29.0. The van der Waals surface area contributed by atoms with Crippen molar-refractivity contribution in [1.82, 2.24) is 0 Å². The van der Waals surface area contributed by atoms with Crippen molar-refractivity contribution >= 4 is 23.8 Å². The zero-order valence-electron chi connectivity index (χ0n) is 5.02. The summed E-state index contributed by atoms with van der Waals surface area (Å²) in [6.45, 7) is 3.51. The van der Waals surface area contributed by atoms with E-state index in [0.717, 1.165) is 0 Å². The van der Waals surface area contributed by atoms with Gasteiger partial charge in [0.1, 0.15) is 0 Å². The molecule has 0 unspecified atom stereocenters. The van der Waals surface area contributed by atoms with E-state index < -0.39 is 7.54 Å². The minimum atomic E-state index is -3.67. The molecule has 0 aromatic heterocycles. The summed E-state index contributed by atoms with van der Waals surface area (Å²) in [5.74, 6) is 0. The van der Waals surface area contributed by atoms with Gasteiger partial charge in [-0.2, -0.15) is 0 Å². The third-order valence-corrected chi connectivity index (χ3v) is 0.866. The predicted molar refractivity (Wildman–Crippen MR) is 32.6 cm³/mol. The molecule has 0 atom stereocenters. The summed E-state index contributed by atoms with van der Waals surface area (Å²) in [6.07, 6.45) is 1.94. The van der Waals surface area contributed by atoms with Gasteiger partial charge >= 0.3 is 7.54 Å². The van der Waals surface area contributed by atoms with Crippen LogP contribution in [0.4, 0.5) is 12.9 Å². The Bertz CT molecular complexity index is 51.6. The van der Waals surface area contributed by atoms with Crippen LogP contribution in [-0.2, 0) is 16.5 Å². The summed E-state index contributed by atoms with van der Waals surface area (Å²) >= 11 is 1.27. The Kier molecular flexibility index (Phi) is 28.7. The van der Waals surface area contributed by atoms with Crippen LogP contribution in [0.1, 0.15) is 0 Å². The summed E-state index contributed by atoms with van der Waals surface area (Å²) in [5.41, 5.74) is 0. The zero-order chi connectivity index (χ0) is 6.99. The minimum Gasteiger partial charge on any atom is -0.254 e. The maximum absolute atomic E-state index is 9.67. The van der Waals surface area contributed by atoms with Crippen LogP contribution >= 0.6 is 0 Å². The Labute approximate surface area is 71.5 Å². The zero-order valence-corrected chi connectivity index (χ0v) is 8.01. The summed E-state index contributed by atoms with van der Waals surface area (Å²) in [5, 5.41) is 1.22. The first-order valence-corrected chi connectivity index (χ1v) is 3.59. The van der Waals surface area contributed by atoms with Gasteiger partial charge in [-0.3, -0.25) is 12.9 Å². The Hall–Kier alpha value is 0.621. The van der Waals surface area contributed by atoms with E-state index in [2.05, 4.69) is 6.58 Å². The van der Waals surface area contributed by atoms with Gasteiger partial charge < -0.3 is 0 Å². The van der Waals surface area contributed by atoms with Crippen molar-refractivity contribution in [2.45, 2.75) is 5.28 Å². The van der Waals surface area contributed by atoms with E-state index in [1.54, 1.807) is 0 Å². The Morgan fingerprint density at radius 1 is 1.44 bits per heavy atom. The second kappa shape index (κ2) is 15.8. The van der Waals surface area contributed by atoms with E-state index in [-0.39, 0.29) is 16.5 Å². The van der Waals surface area contributed by atoms with Gasteiger partial charge in [0.2, 0.25) is 16.3 Å². The molecule has 0 rings (SSSR count). The Morgan fingerprint density at radius 2 is 1.56 bits per heavy atom. The molecule has 0 aromatic rings. The van der Waals surface area contributed by atoms with Crippen molar-refractivity contribution in [2.75, 3.05) is 0 Å². The monoisotopic (exact) mass is 196 g/mol. The largest absolute Gasteiger partial charge is 0.762 e. The van der Waals surface area contributed by atoms with Crippen molar-refractivity contribution in [1.29, 1.82) is 0 Å². The molecule has 0 aliphatic heterocycles. The average molecular weight is 197 g/mol. The van der Waals surface area contributed by atoms with Crippen molar-refractivity contribution < 1.29 is 29.4 Å². The summed E-state index contributed by atoms with van der Waals surface area (Å²) in [4.78, 5) is 0. The fraction of sp³-hybridized carbons (Fsp3) is 0.333. The SMILES string of the molecule is C=C[CH2][AlH2].FB(F)F.[Ni]. The van der Waals surface area contributed by atoms with Gasteiger partial charge in [0.25, 0.3) is 0 Å². The molecule has 0 saturated heterocycles. The molecule has 0 spiro atoms. The molecular formula is C3H7AlBF3Ni. The molecule has 0 aliphatic rings. The Morgan fingerprint density at radius 3 is 1.56 bits per heavy atom. The van der Waals surface area contributed by atoms with Gasteiger partial charge in [0, 0.05) is 16.5 Å². The van der Waals surface area contributed by atoms with Crippen LogP contribution < -0.4 is 0 Å². The van der Waals surface area contributed by atoms with E-state index in [1.165, 1.54) is 21.6 Å². The second-order valence-corrected chi connectivity index (χ2v) is 1.76. The summed E-state index contributed by atoms with van der Waals surface area (Å²) in [6, 6.07) is 0. The van der Waals surface area contributed by atoms with Crippen molar-refractivity contribution in [2.24, 2.45) is 0 Å².